The summed E-state index contributed by atoms with van der Waals surface area (Å²) in [6, 6.07) is 7.36. The fraction of sp³-hybridized carbons (Fsp3) is 0.333. The topological polar surface area (TPSA) is 37.8 Å². The Kier molecular flexibility index (Phi) is 3.64. The molecule has 0 amide bonds. The summed E-state index contributed by atoms with van der Waals surface area (Å²) in [5.41, 5.74) is 0.769. The van der Waals surface area contributed by atoms with E-state index in [9.17, 15) is 13.2 Å². The molecular formula is C12H12F3N3. The van der Waals surface area contributed by atoms with Gasteiger partial charge in [0.25, 0.3) is 0 Å². The van der Waals surface area contributed by atoms with Gasteiger partial charge in [0.1, 0.15) is 12.1 Å². The van der Waals surface area contributed by atoms with E-state index in [1.165, 1.54) is 6.33 Å². The normalized spacial score (nSPS) is 11.7. The molecule has 0 fully saturated rings. The number of hydrogen-bond donors (Lipinski definition) is 1. The lowest BCUT2D eigenvalue weighted by Crippen LogP contribution is -2.11. The van der Waals surface area contributed by atoms with Crippen molar-refractivity contribution in [2.75, 3.05) is 11.9 Å². The molecule has 1 N–H and O–H groups in total. The maximum atomic E-state index is 12.0. The second kappa shape index (κ2) is 5.20. The number of alkyl halides is 3. The summed E-state index contributed by atoms with van der Waals surface area (Å²) < 4.78 is 35.9. The summed E-state index contributed by atoms with van der Waals surface area (Å²) in [4.78, 5) is 8.12. The SMILES string of the molecule is FC(F)(F)CCCNc1ncnc2ccccc12. The van der Waals surface area contributed by atoms with Crippen LogP contribution in [-0.4, -0.2) is 22.7 Å². The first-order valence-electron chi connectivity index (χ1n) is 5.57. The molecule has 0 aliphatic rings. The van der Waals surface area contributed by atoms with E-state index in [2.05, 4.69) is 15.3 Å². The van der Waals surface area contributed by atoms with Gasteiger partial charge in [-0.25, -0.2) is 9.97 Å². The van der Waals surface area contributed by atoms with Crippen molar-refractivity contribution in [1.82, 2.24) is 9.97 Å². The monoisotopic (exact) mass is 255 g/mol. The van der Waals surface area contributed by atoms with E-state index < -0.39 is 12.6 Å². The third-order valence-corrected chi connectivity index (χ3v) is 2.47. The Morgan fingerprint density at radius 2 is 1.89 bits per heavy atom. The molecule has 0 unspecified atom stereocenters. The molecule has 1 aromatic carbocycles. The highest BCUT2D eigenvalue weighted by molar-refractivity contribution is 5.88. The number of hydrogen-bond acceptors (Lipinski definition) is 3. The highest BCUT2D eigenvalue weighted by Crippen LogP contribution is 2.22. The van der Waals surface area contributed by atoms with Crippen LogP contribution in [0.4, 0.5) is 19.0 Å². The number of rotatable bonds is 4. The quantitative estimate of drug-likeness (QED) is 0.851. The Hall–Kier alpha value is -1.85. The van der Waals surface area contributed by atoms with E-state index in [-0.39, 0.29) is 13.0 Å². The van der Waals surface area contributed by atoms with Crippen LogP contribution in [0, 0.1) is 0 Å². The number of nitrogens with zero attached hydrogens (tertiary/aromatic N) is 2. The van der Waals surface area contributed by atoms with Gasteiger partial charge >= 0.3 is 6.18 Å². The average Bonchev–Trinajstić information content (AvgIpc) is 2.33. The van der Waals surface area contributed by atoms with Crippen LogP contribution in [-0.2, 0) is 0 Å². The highest BCUT2D eigenvalue weighted by atomic mass is 19.4. The van der Waals surface area contributed by atoms with Gasteiger partial charge in [-0.15, -0.1) is 0 Å². The summed E-state index contributed by atoms with van der Waals surface area (Å²) in [7, 11) is 0. The van der Waals surface area contributed by atoms with Gasteiger partial charge in [0.2, 0.25) is 0 Å². The second-order valence-electron chi connectivity index (χ2n) is 3.88. The molecule has 2 aromatic rings. The summed E-state index contributed by atoms with van der Waals surface area (Å²) in [5.74, 6) is 0.572. The lowest BCUT2D eigenvalue weighted by atomic mass is 10.2. The van der Waals surface area contributed by atoms with Crippen molar-refractivity contribution in [3.8, 4) is 0 Å². The first-order chi connectivity index (χ1) is 8.56. The molecule has 0 saturated carbocycles. The number of halogens is 3. The van der Waals surface area contributed by atoms with E-state index in [1.807, 2.05) is 24.3 Å². The number of nitrogens with one attached hydrogen (secondary N) is 1. The third kappa shape index (κ3) is 3.32. The first kappa shape index (κ1) is 12.6. The molecular weight excluding hydrogens is 243 g/mol. The average molecular weight is 255 g/mol. The second-order valence-corrected chi connectivity index (χ2v) is 3.88. The molecule has 0 spiro atoms. The number of benzene rings is 1. The first-order valence-corrected chi connectivity index (χ1v) is 5.57. The number of anilines is 1. The predicted octanol–water partition coefficient (Wildman–Crippen LogP) is 3.38. The maximum absolute atomic E-state index is 12.0. The van der Waals surface area contributed by atoms with Crippen molar-refractivity contribution < 1.29 is 13.2 Å². The van der Waals surface area contributed by atoms with Gasteiger partial charge in [-0.05, 0) is 18.6 Å². The minimum atomic E-state index is -4.10. The molecule has 6 heteroatoms. The fourth-order valence-corrected chi connectivity index (χ4v) is 1.64. The highest BCUT2D eigenvalue weighted by Gasteiger charge is 2.25. The standard InChI is InChI=1S/C12H12F3N3/c13-12(14,15)6-3-7-16-11-9-4-1-2-5-10(9)17-8-18-11/h1-2,4-5,8H,3,6-7H2,(H,16,17,18). The van der Waals surface area contributed by atoms with Crippen LogP contribution < -0.4 is 5.32 Å². The molecule has 0 saturated heterocycles. The molecule has 0 aliphatic heterocycles. The van der Waals surface area contributed by atoms with Crippen LogP contribution in [0.1, 0.15) is 12.8 Å². The van der Waals surface area contributed by atoms with Crippen LogP contribution in [0.5, 0.6) is 0 Å². The molecule has 0 radical (unpaired) electrons. The molecule has 3 nitrogen and oxygen atoms in total. The molecule has 96 valence electrons. The summed E-state index contributed by atoms with van der Waals surface area (Å²) in [6.07, 6.45) is -3.46. The van der Waals surface area contributed by atoms with E-state index in [4.69, 9.17) is 0 Å². The minimum absolute atomic E-state index is 0.0296. The largest absolute Gasteiger partial charge is 0.389 e. The minimum Gasteiger partial charge on any atom is -0.369 e. The number of fused-ring (bicyclic) bond motifs is 1. The van der Waals surface area contributed by atoms with E-state index >= 15 is 0 Å². The molecule has 18 heavy (non-hydrogen) atoms. The lowest BCUT2D eigenvalue weighted by Gasteiger charge is -2.09. The van der Waals surface area contributed by atoms with Crippen LogP contribution in [0.25, 0.3) is 10.9 Å². The van der Waals surface area contributed by atoms with Crippen molar-refractivity contribution in [1.29, 1.82) is 0 Å². The van der Waals surface area contributed by atoms with E-state index in [0.29, 0.717) is 5.82 Å². The molecule has 2 rings (SSSR count). The van der Waals surface area contributed by atoms with Crippen molar-refractivity contribution in [2.24, 2.45) is 0 Å². The molecule has 0 bridgehead atoms. The van der Waals surface area contributed by atoms with Gasteiger partial charge in [0, 0.05) is 18.4 Å². The maximum Gasteiger partial charge on any atom is 0.389 e. The zero-order valence-electron chi connectivity index (χ0n) is 9.54. The fourth-order valence-electron chi connectivity index (χ4n) is 1.64. The van der Waals surface area contributed by atoms with E-state index in [1.54, 1.807) is 0 Å². The van der Waals surface area contributed by atoms with Crippen LogP contribution in [0.3, 0.4) is 0 Å². The van der Waals surface area contributed by atoms with Crippen molar-refractivity contribution in [3.05, 3.63) is 30.6 Å². The van der Waals surface area contributed by atoms with E-state index in [0.717, 1.165) is 10.9 Å². The smallest absolute Gasteiger partial charge is 0.369 e. The Bertz CT molecular complexity index is 520. The Labute approximate surface area is 102 Å². The van der Waals surface area contributed by atoms with Crippen LogP contribution in [0.2, 0.25) is 0 Å². The summed E-state index contributed by atoms with van der Waals surface area (Å²) in [5, 5.41) is 3.72. The molecule has 1 aromatic heterocycles. The zero-order valence-corrected chi connectivity index (χ0v) is 9.54. The summed E-state index contributed by atoms with van der Waals surface area (Å²) >= 11 is 0. The summed E-state index contributed by atoms with van der Waals surface area (Å²) in [6.45, 7) is 0.237. The van der Waals surface area contributed by atoms with Gasteiger partial charge in [0.15, 0.2) is 0 Å². The predicted molar refractivity (Wildman–Crippen MR) is 63.3 cm³/mol. The number of para-hydroxylation sites is 1. The Morgan fingerprint density at radius 3 is 2.67 bits per heavy atom. The van der Waals surface area contributed by atoms with Crippen LogP contribution in [0.15, 0.2) is 30.6 Å². The van der Waals surface area contributed by atoms with Crippen LogP contribution >= 0.6 is 0 Å². The van der Waals surface area contributed by atoms with Gasteiger partial charge in [-0.3, -0.25) is 0 Å². The molecule has 0 aliphatic carbocycles. The molecule has 1 heterocycles. The van der Waals surface area contributed by atoms with Crippen molar-refractivity contribution in [2.45, 2.75) is 19.0 Å². The van der Waals surface area contributed by atoms with Gasteiger partial charge < -0.3 is 5.32 Å². The lowest BCUT2D eigenvalue weighted by molar-refractivity contribution is -0.134. The number of aromatic nitrogens is 2. The van der Waals surface area contributed by atoms with Gasteiger partial charge in [-0.2, -0.15) is 13.2 Å². The Morgan fingerprint density at radius 1 is 1.11 bits per heavy atom. The van der Waals surface area contributed by atoms with Gasteiger partial charge in [0.05, 0.1) is 5.52 Å². The zero-order chi connectivity index (χ0) is 13.0. The van der Waals surface area contributed by atoms with Gasteiger partial charge in [-0.1, -0.05) is 12.1 Å². The Balaban J connectivity index is 2.00. The van der Waals surface area contributed by atoms with Crippen molar-refractivity contribution in [3.63, 3.8) is 0 Å². The molecule has 0 atom stereocenters. The third-order valence-electron chi connectivity index (χ3n) is 2.47. The van der Waals surface area contributed by atoms with Crippen molar-refractivity contribution >= 4 is 16.7 Å².